The SMILES string of the molecule is O=C1CCCC2=C1[C@H](c1ccc([N+](=O)[O-])cc1)CC(=O)N2c1ccc(F)cc1. The van der Waals surface area contributed by atoms with Crippen molar-refractivity contribution in [3.63, 3.8) is 0 Å². The van der Waals surface area contributed by atoms with Gasteiger partial charge in [0.05, 0.1) is 4.92 Å². The van der Waals surface area contributed by atoms with Gasteiger partial charge in [0, 0.05) is 47.8 Å². The fourth-order valence-electron chi connectivity index (χ4n) is 4.00. The quantitative estimate of drug-likeness (QED) is 0.589. The molecule has 0 aromatic heterocycles. The number of allylic oxidation sites excluding steroid dienone is 2. The number of hydrogen-bond donors (Lipinski definition) is 0. The van der Waals surface area contributed by atoms with E-state index >= 15 is 0 Å². The van der Waals surface area contributed by atoms with Gasteiger partial charge in [-0.1, -0.05) is 12.1 Å². The number of carbonyl (C=O) groups is 2. The Labute approximate surface area is 160 Å². The zero-order valence-electron chi connectivity index (χ0n) is 14.9. The summed E-state index contributed by atoms with van der Waals surface area (Å²) in [6.45, 7) is 0. The summed E-state index contributed by atoms with van der Waals surface area (Å²) < 4.78 is 13.3. The molecule has 1 aliphatic heterocycles. The first-order valence-corrected chi connectivity index (χ1v) is 9.05. The van der Waals surface area contributed by atoms with Gasteiger partial charge in [-0.2, -0.15) is 0 Å². The van der Waals surface area contributed by atoms with E-state index in [4.69, 9.17) is 0 Å². The van der Waals surface area contributed by atoms with Gasteiger partial charge in [0.15, 0.2) is 5.78 Å². The molecule has 1 aliphatic carbocycles. The van der Waals surface area contributed by atoms with Gasteiger partial charge >= 0.3 is 0 Å². The Balaban J connectivity index is 1.80. The van der Waals surface area contributed by atoms with Gasteiger partial charge in [-0.25, -0.2) is 4.39 Å². The van der Waals surface area contributed by atoms with E-state index in [1.54, 1.807) is 12.1 Å². The van der Waals surface area contributed by atoms with E-state index in [0.717, 1.165) is 0 Å². The maximum absolute atomic E-state index is 13.3. The first-order valence-electron chi connectivity index (χ1n) is 9.05. The summed E-state index contributed by atoms with van der Waals surface area (Å²) in [7, 11) is 0. The molecule has 0 N–H and O–H groups in total. The third-order valence-corrected chi connectivity index (χ3v) is 5.27. The number of ketones is 1. The lowest BCUT2D eigenvalue weighted by Crippen LogP contribution is -2.40. The van der Waals surface area contributed by atoms with E-state index in [1.165, 1.54) is 41.3 Å². The van der Waals surface area contributed by atoms with E-state index in [0.29, 0.717) is 41.8 Å². The fraction of sp³-hybridized carbons (Fsp3) is 0.238. The van der Waals surface area contributed by atoms with Crippen LogP contribution in [0.1, 0.15) is 37.2 Å². The highest BCUT2D eigenvalue weighted by Crippen LogP contribution is 2.43. The van der Waals surface area contributed by atoms with E-state index in [2.05, 4.69) is 0 Å². The molecule has 0 spiro atoms. The number of nitro benzene ring substituents is 1. The largest absolute Gasteiger partial charge is 0.294 e. The molecule has 2 aromatic rings. The van der Waals surface area contributed by atoms with Crippen molar-refractivity contribution in [2.75, 3.05) is 4.90 Å². The third kappa shape index (κ3) is 3.09. The second-order valence-electron chi connectivity index (χ2n) is 6.95. The maximum atomic E-state index is 13.3. The molecule has 0 saturated carbocycles. The predicted molar refractivity (Wildman–Crippen MR) is 100 cm³/mol. The second kappa shape index (κ2) is 6.99. The molecule has 0 unspecified atom stereocenters. The minimum Gasteiger partial charge on any atom is -0.294 e. The molecule has 0 fully saturated rings. The molecule has 4 rings (SSSR count). The van der Waals surface area contributed by atoms with Crippen LogP contribution >= 0.6 is 0 Å². The summed E-state index contributed by atoms with van der Waals surface area (Å²) >= 11 is 0. The lowest BCUT2D eigenvalue weighted by Gasteiger charge is -2.38. The summed E-state index contributed by atoms with van der Waals surface area (Å²) in [4.78, 5) is 37.7. The standard InChI is InChI=1S/C21H17FN2O4/c22-14-6-10-15(11-7-14)23-18-2-1-3-19(25)21(18)17(12-20(23)26)13-4-8-16(9-5-13)24(27)28/h4-11,17H,1-3,12H2/t17-/m0/s1. The number of carbonyl (C=O) groups excluding carboxylic acids is 2. The second-order valence-corrected chi connectivity index (χ2v) is 6.95. The summed E-state index contributed by atoms with van der Waals surface area (Å²) in [6.07, 6.45) is 1.72. The maximum Gasteiger partial charge on any atom is 0.269 e. The fourth-order valence-corrected chi connectivity index (χ4v) is 4.00. The monoisotopic (exact) mass is 380 g/mol. The van der Waals surface area contributed by atoms with E-state index < -0.39 is 16.7 Å². The molecule has 0 bridgehead atoms. The molecule has 6 nitrogen and oxygen atoms in total. The molecule has 1 heterocycles. The molecule has 0 saturated heterocycles. The summed E-state index contributed by atoms with van der Waals surface area (Å²) in [5.74, 6) is -1.01. The van der Waals surface area contributed by atoms with Crippen LogP contribution in [0, 0.1) is 15.9 Å². The van der Waals surface area contributed by atoms with Gasteiger partial charge in [0.1, 0.15) is 5.82 Å². The van der Waals surface area contributed by atoms with Crippen LogP contribution in [-0.4, -0.2) is 16.6 Å². The average molecular weight is 380 g/mol. The molecular weight excluding hydrogens is 363 g/mol. The van der Waals surface area contributed by atoms with Crippen molar-refractivity contribution >= 4 is 23.1 Å². The Bertz CT molecular complexity index is 996. The molecule has 0 radical (unpaired) electrons. The number of benzene rings is 2. The first-order chi connectivity index (χ1) is 13.5. The van der Waals surface area contributed by atoms with Crippen molar-refractivity contribution in [3.05, 3.63) is 81.3 Å². The lowest BCUT2D eigenvalue weighted by atomic mass is 9.77. The summed E-state index contributed by atoms with van der Waals surface area (Å²) in [5.41, 5.74) is 2.45. The van der Waals surface area contributed by atoms with Crippen molar-refractivity contribution in [2.24, 2.45) is 0 Å². The number of rotatable bonds is 3. The highest BCUT2D eigenvalue weighted by Gasteiger charge is 2.39. The number of hydrogen-bond acceptors (Lipinski definition) is 4. The van der Waals surface area contributed by atoms with Gasteiger partial charge in [-0.05, 0) is 42.7 Å². The van der Waals surface area contributed by atoms with Crippen molar-refractivity contribution < 1.29 is 18.9 Å². The topological polar surface area (TPSA) is 80.5 Å². The van der Waals surface area contributed by atoms with Gasteiger partial charge < -0.3 is 0 Å². The number of Topliss-reactive ketones (excluding diaryl/α,β-unsaturated/α-hetero) is 1. The van der Waals surface area contributed by atoms with Crippen LogP contribution in [0.3, 0.4) is 0 Å². The zero-order chi connectivity index (χ0) is 19.8. The number of amides is 1. The van der Waals surface area contributed by atoms with Crippen LogP contribution < -0.4 is 4.90 Å². The smallest absolute Gasteiger partial charge is 0.269 e. The molecule has 7 heteroatoms. The highest BCUT2D eigenvalue weighted by molar-refractivity contribution is 6.07. The highest BCUT2D eigenvalue weighted by atomic mass is 19.1. The van der Waals surface area contributed by atoms with Crippen LogP contribution in [0.15, 0.2) is 59.8 Å². The van der Waals surface area contributed by atoms with Crippen LogP contribution in [0.5, 0.6) is 0 Å². The van der Waals surface area contributed by atoms with Crippen molar-refractivity contribution in [2.45, 2.75) is 31.6 Å². The minimum atomic E-state index is -0.484. The Morgan fingerprint density at radius 2 is 1.68 bits per heavy atom. The predicted octanol–water partition coefficient (Wildman–Crippen LogP) is 4.26. The van der Waals surface area contributed by atoms with Crippen LogP contribution in [-0.2, 0) is 9.59 Å². The zero-order valence-corrected chi connectivity index (χ0v) is 14.9. The molecule has 28 heavy (non-hydrogen) atoms. The van der Waals surface area contributed by atoms with Crippen molar-refractivity contribution in [1.29, 1.82) is 0 Å². The minimum absolute atomic E-state index is 0.00999. The lowest BCUT2D eigenvalue weighted by molar-refractivity contribution is -0.384. The van der Waals surface area contributed by atoms with Crippen LogP contribution in [0.2, 0.25) is 0 Å². The number of non-ortho nitro benzene ring substituents is 1. The molecule has 2 aromatic carbocycles. The molecular formula is C21H17FN2O4. The normalized spacial score (nSPS) is 19.6. The van der Waals surface area contributed by atoms with Gasteiger partial charge in [0.2, 0.25) is 5.91 Å². The van der Waals surface area contributed by atoms with Gasteiger partial charge in [-0.3, -0.25) is 24.6 Å². The Kier molecular flexibility index (Phi) is 4.50. The molecule has 1 atom stereocenters. The Hall–Kier alpha value is -3.35. The first kappa shape index (κ1) is 18.0. The van der Waals surface area contributed by atoms with Crippen molar-refractivity contribution in [3.8, 4) is 0 Å². The Morgan fingerprint density at radius 1 is 1.00 bits per heavy atom. The molecule has 2 aliphatic rings. The van der Waals surface area contributed by atoms with E-state index in [-0.39, 0.29) is 23.8 Å². The molecule has 142 valence electrons. The number of nitro groups is 1. The van der Waals surface area contributed by atoms with Crippen LogP contribution in [0.4, 0.5) is 15.8 Å². The number of anilines is 1. The summed E-state index contributed by atoms with van der Waals surface area (Å²) in [6, 6.07) is 11.6. The number of nitrogens with zero attached hydrogens (tertiary/aromatic N) is 2. The van der Waals surface area contributed by atoms with E-state index in [1.807, 2.05) is 0 Å². The summed E-state index contributed by atoms with van der Waals surface area (Å²) in [5, 5.41) is 10.9. The Morgan fingerprint density at radius 3 is 2.32 bits per heavy atom. The molecule has 1 amide bonds. The van der Waals surface area contributed by atoms with Crippen molar-refractivity contribution in [1.82, 2.24) is 0 Å². The third-order valence-electron chi connectivity index (χ3n) is 5.27. The average Bonchev–Trinajstić information content (AvgIpc) is 2.68. The van der Waals surface area contributed by atoms with Gasteiger partial charge in [-0.15, -0.1) is 0 Å². The van der Waals surface area contributed by atoms with Gasteiger partial charge in [0.25, 0.3) is 5.69 Å². The van der Waals surface area contributed by atoms with E-state index in [9.17, 15) is 24.1 Å². The number of halogens is 1. The van der Waals surface area contributed by atoms with Crippen LogP contribution in [0.25, 0.3) is 0 Å².